The lowest BCUT2D eigenvalue weighted by atomic mass is 9.96. The molecular formula is C16H17Cl. The molecule has 0 N–H and O–H groups in total. The fourth-order valence-corrected chi connectivity index (χ4v) is 3.36. The number of benzene rings is 2. The Morgan fingerprint density at radius 3 is 2.65 bits per heavy atom. The zero-order valence-electron chi connectivity index (χ0n) is 10.2. The largest absolute Gasteiger partial charge is 0.118 e. The van der Waals surface area contributed by atoms with E-state index in [2.05, 4.69) is 37.3 Å². The summed E-state index contributed by atoms with van der Waals surface area (Å²) >= 11 is 6.51. The van der Waals surface area contributed by atoms with E-state index in [1.807, 2.05) is 0 Å². The van der Waals surface area contributed by atoms with Crippen molar-refractivity contribution in [2.24, 2.45) is 0 Å². The first-order valence-corrected chi connectivity index (χ1v) is 6.92. The summed E-state index contributed by atoms with van der Waals surface area (Å²) in [6.07, 6.45) is 4.57. The first-order chi connectivity index (χ1) is 8.31. The molecule has 0 aliphatic heterocycles. The molecule has 0 heterocycles. The van der Waals surface area contributed by atoms with Crippen molar-refractivity contribution < 1.29 is 0 Å². The summed E-state index contributed by atoms with van der Waals surface area (Å²) in [5.41, 5.74) is 4.32. The van der Waals surface area contributed by atoms with Gasteiger partial charge < -0.3 is 0 Å². The molecule has 1 aliphatic carbocycles. The fraction of sp³-hybridized carbons (Fsp3) is 0.375. The van der Waals surface area contributed by atoms with E-state index in [4.69, 9.17) is 11.6 Å². The zero-order chi connectivity index (χ0) is 11.8. The van der Waals surface area contributed by atoms with Crippen LogP contribution in [-0.2, 0) is 12.8 Å². The lowest BCUT2D eigenvalue weighted by Gasteiger charge is -2.13. The first kappa shape index (κ1) is 11.1. The number of halogens is 1. The van der Waals surface area contributed by atoms with Crippen molar-refractivity contribution >= 4 is 22.4 Å². The predicted octanol–water partition coefficient (Wildman–Crippen LogP) is 5.02. The van der Waals surface area contributed by atoms with Gasteiger partial charge in [-0.1, -0.05) is 43.7 Å². The van der Waals surface area contributed by atoms with Crippen LogP contribution < -0.4 is 0 Å². The predicted molar refractivity (Wildman–Crippen MR) is 74.9 cm³/mol. The monoisotopic (exact) mass is 244 g/mol. The van der Waals surface area contributed by atoms with Crippen LogP contribution in [0.5, 0.6) is 0 Å². The lowest BCUT2D eigenvalue weighted by Crippen LogP contribution is -1.93. The van der Waals surface area contributed by atoms with Crippen molar-refractivity contribution in [3.8, 4) is 0 Å². The molecule has 2 aromatic carbocycles. The Kier molecular flexibility index (Phi) is 2.84. The molecule has 0 fully saturated rings. The molecule has 2 aromatic rings. The molecular weight excluding hydrogens is 228 g/mol. The average molecular weight is 245 g/mol. The van der Waals surface area contributed by atoms with Crippen molar-refractivity contribution in [3.63, 3.8) is 0 Å². The average Bonchev–Trinajstić information content (AvgIpc) is 2.76. The Labute approximate surface area is 108 Å². The van der Waals surface area contributed by atoms with Crippen LogP contribution in [0.15, 0.2) is 30.3 Å². The molecule has 1 unspecified atom stereocenters. The molecule has 0 bridgehead atoms. The van der Waals surface area contributed by atoms with Crippen molar-refractivity contribution in [2.75, 3.05) is 0 Å². The summed E-state index contributed by atoms with van der Waals surface area (Å²) in [4.78, 5) is 0. The minimum atomic E-state index is 0.157. The molecule has 1 aliphatic rings. The van der Waals surface area contributed by atoms with Crippen LogP contribution in [0.1, 0.15) is 41.8 Å². The Hall–Kier alpha value is -1.01. The van der Waals surface area contributed by atoms with Crippen molar-refractivity contribution in [2.45, 2.75) is 38.0 Å². The molecule has 1 heteroatoms. The second kappa shape index (κ2) is 4.34. The maximum Gasteiger partial charge on any atom is 0.0591 e. The second-order valence-electron chi connectivity index (χ2n) is 4.91. The fourth-order valence-electron chi connectivity index (χ4n) is 2.95. The Morgan fingerprint density at radius 1 is 1.12 bits per heavy atom. The van der Waals surface area contributed by atoms with E-state index in [1.165, 1.54) is 40.3 Å². The summed E-state index contributed by atoms with van der Waals surface area (Å²) < 4.78 is 0. The molecule has 1 atom stereocenters. The second-order valence-corrected chi connectivity index (χ2v) is 5.44. The number of aryl methyl sites for hydroxylation is 2. The maximum absolute atomic E-state index is 6.51. The number of alkyl halides is 1. The Morgan fingerprint density at radius 2 is 1.88 bits per heavy atom. The molecule has 3 rings (SSSR count). The highest BCUT2D eigenvalue weighted by molar-refractivity contribution is 6.22. The van der Waals surface area contributed by atoms with Gasteiger partial charge in [-0.15, -0.1) is 11.6 Å². The molecule has 0 aromatic heterocycles. The maximum atomic E-state index is 6.51. The third-order valence-corrected chi connectivity index (χ3v) is 4.24. The van der Waals surface area contributed by atoms with Crippen LogP contribution >= 0.6 is 11.6 Å². The van der Waals surface area contributed by atoms with Gasteiger partial charge in [0.05, 0.1) is 5.38 Å². The summed E-state index contributed by atoms with van der Waals surface area (Å²) in [7, 11) is 0. The third kappa shape index (κ3) is 1.75. The number of rotatable bonds is 3. The summed E-state index contributed by atoms with van der Waals surface area (Å²) in [5, 5.41) is 3.02. The third-order valence-electron chi connectivity index (χ3n) is 3.79. The molecule has 17 heavy (non-hydrogen) atoms. The standard InChI is InChI=1S/C16H17Cl/c1-2-4-15(17)13-10-9-12-8-7-11-5-3-6-14(13)16(11)12/h3,5-6,9-10,15H,2,4,7-8H2,1H3. The van der Waals surface area contributed by atoms with Crippen LogP contribution in [0.2, 0.25) is 0 Å². The Balaban J connectivity index is 2.21. The zero-order valence-corrected chi connectivity index (χ0v) is 10.9. The van der Waals surface area contributed by atoms with Gasteiger partial charge in [-0.3, -0.25) is 0 Å². The minimum Gasteiger partial charge on any atom is -0.118 e. The van der Waals surface area contributed by atoms with E-state index in [0.29, 0.717) is 0 Å². The first-order valence-electron chi connectivity index (χ1n) is 6.48. The van der Waals surface area contributed by atoms with E-state index in [1.54, 1.807) is 0 Å². The molecule has 0 amide bonds. The molecule has 0 spiro atoms. The van der Waals surface area contributed by atoms with Gasteiger partial charge in [0, 0.05) is 0 Å². The smallest absolute Gasteiger partial charge is 0.0591 e. The Bertz CT molecular complexity index is 546. The molecule has 0 nitrogen and oxygen atoms in total. The van der Waals surface area contributed by atoms with Gasteiger partial charge in [0.1, 0.15) is 0 Å². The SMILES string of the molecule is CCCC(Cl)c1ccc2c3c(cccc13)CC2. The molecule has 88 valence electrons. The summed E-state index contributed by atoms with van der Waals surface area (Å²) in [6.45, 7) is 2.19. The topological polar surface area (TPSA) is 0 Å². The van der Waals surface area contributed by atoms with Gasteiger partial charge in [-0.25, -0.2) is 0 Å². The van der Waals surface area contributed by atoms with Crippen LogP contribution in [0, 0.1) is 0 Å². The van der Waals surface area contributed by atoms with Crippen LogP contribution in [0.3, 0.4) is 0 Å². The van der Waals surface area contributed by atoms with Gasteiger partial charge >= 0.3 is 0 Å². The van der Waals surface area contributed by atoms with Gasteiger partial charge in [0.2, 0.25) is 0 Å². The summed E-state index contributed by atoms with van der Waals surface area (Å²) in [6, 6.07) is 11.2. The van der Waals surface area contributed by atoms with E-state index in [9.17, 15) is 0 Å². The van der Waals surface area contributed by atoms with Crippen molar-refractivity contribution in [1.29, 1.82) is 0 Å². The van der Waals surface area contributed by atoms with E-state index < -0.39 is 0 Å². The molecule has 0 saturated carbocycles. The van der Waals surface area contributed by atoms with Crippen LogP contribution in [0.25, 0.3) is 10.8 Å². The minimum absolute atomic E-state index is 0.157. The normalized spacial score (nSPS) is 15.4. The van der Waals surface area contributed by atoms with Crippen molar-refractivity contribution in [1.82, 2.24) is 0 Å². The highest BCUT2D eigenvalue weighted by Gasteiger charge is 2.18. The lowest BCUT2D eigenvalue weighted by molar-refractivity contribution is 0.774. The quantitative estimate of drug-likeness (QED) is 0.665. The van der Waals surface area contributed by atoms with Gasteiger partial charge in [0.15, 0.2) is 0 Å². The highest BCUT2D eigenvalue weighted by atomic mass is 35.5. The van der Waals surface area contributed by atoms with E-state index >= 15 is 0 Å². The van der Waals surface area contributed by atoms with Gasteiger partial charge in [-0.2, -0.15) is 0 Å². The van der Waals surface area contributed by atoms with Crippen molar-refractivity contribution in [3.05, 3.63) is 47.0 Å². The molecule has 0 radical (unpaired) electrons. The van der Waals surface area contributed by atoms with Gasteiger partial charge in [0.25, 0.3) is 0 Å². The summed E-state index contributed by atoms with van der Waals surface area (Å²) in [5.74, 6) is 0. The highest BCUT2D eigenvalue weighted by Crippen LogP contribution is 2.37. The van der Waals surface area contributed by atoms with Gasteiger partial charge in [-0.05, 0) is 46.7 Å². The molecule has 0 saturated heterocycles. The number of hydrogen-bond acceptors (Lipinski definition) is 0. The number of hydrogen-bond donors (Lipinski definition) is 0. The van der Waals surface area contributed by atoms with Crippen LogP contribution in [0.4, 0.5) is 0 Å². The van der Waals surface area contributed by atoms with E-state index in [0.717, 1.165) is 12.8 Å². The van der Waals surface area contributed by atoms with Crippen LogP contribution in [-0.4, -0.2) is 0 Å². The van der Waals surface area contributed by atoms with E-state index in [-0.39, 0.29) is 5.38 Å².